The van der Waals surface area contributed by atoms with Crippen LogP contribution in [0, 0.1) is 13.8 Å². The lowest BCUT2D eigenvalue weighted by atomic mass is 10.1. The first-order chi connectivity index (χ1) is 15.6. The van der Waals surface area contributed by atoms with Crippen molar-refractivity contribution in [3.05, 3.63) is 47.0 Å². The molecular formula is C23H29N7O2. The lowest BCUT2D eigenvalue weighted by Crippen LogP contribution is -2.34. The Morgan fingerprint density at radius 1 is 1.25 bits per heavy atom. The van der Waals surface area contributed by atoms with Crippen LogP contribution < -0.4 is 20.3 Å². The van der Waals surface area contributed by atoms with E-state index in [1.54, 1.807) is 13.4 Å². The van der Waals surface area contributed by atoms with Crippen LogP contribution >= 0.6 is 0 Å². The zero-order chi connectivity index (χ0) is 22.2. The van der Waals surface area contributed by atoms with Gasteiger partial charge in [-0.3, -0.25) is 0 Å². The monoisotopic (exact) mass is 435 g/mol. The van der Waals surface area contributed by atoms with Crippen LogP contribution in [0.3, 0.4) is 0 Å². The van der Waals surface area contributed by atoms with Crippen LogP contribution in [0.1, 0.15) is 35.2 Å². The third kappa shape index (κ3) is 3.67. The summed E-state index contributed by atoms with van der Waals surface area (Å²) < 4.78 is 7.47. The average Bonchev–Trinajstić information content (AvgIpc) is 3.55. The van der Waals surface area contributed by atoms with E-state index in [9.17, 15) is 5.11 Å². The first-order valence-electron chi connectivity index (χ1n) is 11.0. The Balaban J connectivity index is 1.44. The molecular weight excluding hydrogens is 406 g/mol. The minimum Gasteiger partial charge on any atom is -0.496 e. The Kier molecular flexibility index (Phi) is 5.44. The summed E-state index contributed by atoms with van der Waals surface area (Å²) in [5.41, 5.74) is 5.40. The van der Waals surface area contributed by atoms with Gasteiger partial charge in [0.1, 0.15) is 17.9 Å². The van der Waals surface area contributed by atoms with Gasteiger partial charge < -0.3 is 29.9 Å². The molecule has 9 nitrogen and oxygen atoms in total. The first kappa shape index (κ1) is 20.7. The third-order valence-corrected chi connectivity index (χ3v) is 6.47. The Morgan fingerprint density at radius 2 is 2.12 bits per heavy atom. The van der Waals surface area contributed by atoms with Gasteiger partial charge in [-0.2, -0.15) is 4.98 Å². The molecule has 0 saturated carbocycles. The van der Waals surface area contributed by atoms with E-state index in [0.29, 0.717) is 18.3 Å². The number of nitrogens with one attached hydrogen (secondary N) is 2. The third-order valence-electron chi connectivity index (χ3n) is 6.47. The van der Waals surface area contributed by atoms with E-state index in [1.165, 1.54) is 0 Å². The second-order valence-electron chi connectivity index (χ2n) is 8.45. The van der Waals surface area contributed by atoms with Gasteiger partial charge in [-0.05, 0) is 43.9 Å². The summed E-state index contributed by atoms with van der Waals surface area (Å²) in [6.07, 6.45) is 5.73. The molecule has 9 heteroatoms. The largest absolute Gasteiger partial charge is 0.496 e. The molecule has 0 aliphatic carbocycles. The van der Waals surface area contributed by atoms with Gasteiger partial charge in [0, 0.05) is 31.3 Å². The summed E-state index contributed by atoms with van der Waals surface area (Å²) in [4.78, 5) is 16.3. The fourth-order valence-electron chi connectivity index (χ4n) is 4.56. The molecule has 2 aliphatic heterocycles. The molecule has 1 saturated heterocycles. The van der Waals surface area contributed by atoms with Gasteiger partial charge in [0.05, 0.1) is 37.3 Å². The van der Waals surface area contributed by atoms with Crippen molar-refractivity contribution in [2.24, 2.45) is 0 Å². The molecule has 4 heterocycles. The van der Waals surface area contributed by atoms with E-state index in [0.717, 1.165) is 65.6 Å². The molecule has 2 aliphatic rings. The van der Waals surface area contributed by atoms with Crippen LogP contribution in [0.4, 0.5) is 17.6 Å². The number of aliphatic hydroxyl groups excluding tert-OH is 1. The van der Waals surface area contributed by atoms with Crippen LogP contribution in [0.5, 0.6) is 5.75 Å². The number of benzene rings is 1. The fraction of sp³-hybridized carbons (Fsp3) is 0.435. The lowest BCUT2D eigenvalue weighted by Gasteiger charge is -2.26. The summed E-state index contributed by atoms with van der Waals surface area (Å²) in [5.74, 6) is 2.96. The quantitative estimate of drug-likeness (QED) is 0.543. The first-order valence-corrected chi connectivity index (χ1v) is 11.0. The van der Waals surface area contributed by atoms with Crippen molar-refractivity contribution in [3.8, 4) is 11.4 Å². The Hall–Kier alpha value is -3.17. The van der Waals surface area contributed by atoms with Crippen LogP contribution in [0.2, 0.25) is 0 Å². The van der Waals surface area contributed by atoms with Gasteiger partial charge in [0.2, 0.25) is 5.95 Å². The Labute approximate surface area is 187 Å². The molecule has 0 unspecified atom stereocenters. The van der Waals surface area contributed by atoms with E-state index < -0.39 is 0 Å². The van der Waals surface area contributed by atoms with E-state index in [4.69, 9.17) is 14.7 Å². The number of ether oxygens (including phenoxy) is 1. The molecule has 2 aromatic heterocycles. The van der Waals surface area contributed by atoms with Gasteiger partial charge in [0.25, 0.3) is 0 Å². The highest BCUT2D eigenvalue weighted by molar-refractivity contribution is 5.59. The van der Waals surface area contributed by atoms with Crippen molar-refractivity contribution in [2.75, 3.05) is 30.5 Å². The Morgan fingerprint density at radius 3 is 2.94 bits per heavy atom. The number of aliphatic hydroxyl groups is 1. The maximum atomic E-state index is 9.80. The van der Waals surface area contributed by atoms with Crippen molar-refractivity contribution < 1.29 is 9.84 Å². The van der Waals surface area contributed by atoms with Gasteiger partial charge in [-0.25, -0.2) is 9.97 Å². The molecule has 0 amide bonds. The van der Waals surface area contributed by atoms with E-state index in [1.807, 2.05) is 16.8 Å². The smallest absolute Gasteiger partial charge is 0.230 e. The van der Waals surface area contributed by atoms with Crippen molar-refractivity contribution in [1.29, 1.82) is 0 Å². The van der Waals surface area contributed by atoms with Gasteiger partial charge in [-0.15, -0.1) is 0 Å². The molecule has 1 atom stereocenters. The minimum atomic E-state index is 0.112. The Bertz CT molecular complexity index is 1140. The predicted octanol–water partition coefficient (Wildman–Crippen LogP) is 2.60. The van der Waals surface area contributed by atoms with Gasteiger partial charge in [-0.1, -0.05) is 0 Å². The number of imidazole rings is 1. The van der Waals surface area contributed by atoms with Crippen LogP contribution in [-0.4, -0.2) is 50.9 Å². The number of hydrogen-bond donors (Lipinski definition) is 3. The summed E-state index contributed by atoms with van der Waals surface area (Å²) in [5, 5.41) is 16.4. The van der Waals surface area contributed by atoms with E-state index >= 15 is 0 Å². The summed E-state index contributed by atoms with van der Waals surface area (Å²) in [7, 11) is 1.69. The molecule has 0 radical (unpaired) electrons. The summed E-state index contributed by atoms with van der Waals surface area (Å²) in [6, 6.07) is 4.23. The number of rotatable bonds is 6. The highest BCUT2D eigenvalue weighted by Gasteiger charge is 2.30. The second-order valence-corrected chi connectivity index (χ2v) is 8.45. The molecule has 3 N–H and O–H groups in total. The SMILES string of the molecule is COc1cc(-n2cnc(Nc3nc4c(c(N5CCC[C@H]5CO)n3)CNC4)c2)cc(C)c1C. The number of fused-ring (bicyclic) bond motifs is 1. The van der Waals surface area contributed by atoms with Crippen LogP contribution in [-0.2, 0) is 13.1 Å². The maximum absolute atomic E-state index is 9.80. The minimum absolute atomic E-state index is 0.112. The number of aromatic nitrogens is 4. The van der Waals surface area contributed by atoms with Crippen LogP contribution in [0.15, 0.2) is 24.7 Å². The highest BCUT2D eigenvalue weighted by atomic mass is 16.5. The van der Waals surface area contributed by atoms with Crippen molar-refractivity contribution in [1.82, 2.24) is 24.8 Å². The normalized spacial score (nSPS) is 17.6. The summed E-state index contributed by atoms with van der Waals surface area (Å²) >= 11 is 0. The molecule has 5 rings (SSSR count). The molecule has 0 bridgehead atoms. The number of hydrogen-bond acceptors (Lipinski definition) is 8. The molecule has 32 heavy (non-hydrogen) atoms. The van der Waals surface area contributed by atoms with E-state index in [2.05, 4.69) is 40.4 Å². The molecule has 1 fully saturated rings. The lowest BCUT2D eigenvalue weighted by molar-refractivity contribution is 0.266. The second kappa shape index (κ2) is 8.40. The standard InChI is InChI=1S/C23H29N7O2/c1-14-7-17(8-20(32-3)15(14)2)29-11-21(25-13-29)27-23-26-19-10-24-9-18(19)22(28-23)30-6-4-5-16(30)12-31/h7-8,11,13,16,24,31H,4-6,9-10,12H2,1-3H3,(H,26,27,28)/t16-/m0/s1. The molecule has 168 valence electrons. The number of methoxy groups -OCH3 is 1. The predicted molar refractivity (Wildman–Crippen MR) is 123 cm³/mol. The van der Waals surface area contributed by atoms with E-state index in [-0.39, 0.29) is 12.6 Å². The topological polar surface area (TPSA) is 100 Å². The molecule has 3 aromatic rings. The van der Waals surface area contributed by atoms with Crippen molar-refractivity contribution in [2.45, 2.75) is 45.8 Å². The summed E-state index contributed by atoms with van der Waals surface area (Å²) in [6.45, 7) is 6.63. The van der Waals surface area contributed by atoms with Crippen LogP contribution in [0.25, 0.3) is 5.69 Å². The van der Waals surface area contributed by atoms with Gasteiger partial charge >= 0.3 is 0 Å². The fourth-order valence-corrected chi connectivity index (χ4v) is 4.56. The maximum Gasteiger partial charge on any atom is 0.230 e. The highest BCUT2D eigenvalue weighted by Crippen LogP contribution is 2.32. The number of anilines is 3. The van der Waals surface area contributed by atoms with Crippen molar-refractivity contribution in [3.63, 3.8) is 0 Å². The van der Waals surface area contributed by atoms with Gasteiger partial charge in [0.15, 0.2) is 5.82 Å². The zero-order valence-electron chi connectivity index (χ0n) is 18.7. The molecule has 1 aromatic carbocycles. The molecule has 0 spiro atoms. The number of aryl methyl sites for hydroxylation is 1. The average molecular weight is 436 g/mol. The number of nitrogens with zero attached hydrogens (tertiary/aromatic N) is 5. The van der Waals surface area contributed by atoms with Crippen molar-refractivity contribution >= 4 is 17.6 Å². The zero-order valence-corrected chi connectivity index (χ0v) is 18.7.